The van der Waals surface area contributed by atoms with Crippen molar-refractivity contribution in [2.24, 2.45) is 0 Å². The fourth-order valence-corrected chi connectivity index (χ4v) is 1.24. The molecule has 0 aliphatic carbocycles. The fourth-order valence-electron chi connectivity index (χ4n) is 1.05. The molecule has 0 aromatic heterocycles. The summed E-state index contributed by atoms with van der Waals surface area (Å²) in [6, 6.07) is 4.67. The van der Waals surface area contributed by atoms with Crippen molar-refractivity contribution in [1.29, 1.82) is 0 Å². The van der Waals surface area contributed by atoms with Crippen LogP contribution >= 0.6 is 11.6 Å². The van der Waals surface area contributed by atoms with Crippen LogP contribution in [0.4, 0.5) is 5.69 Å². The number of nitro groups is 1. The molecule has 5 heteroatoms. The Morgan fingerprint density at radius 2 is 2.20 bits per heavy atom. The van der Waals surface area contributed by atoms with Gasteiger partial charge >= 0.3 is 0 Å². The largest absolute Gasteiger partial charge is 0.374 e. The topological polar surface area (TPSA) is 52.4 Å². The second-order valence-electron chi connectivity index (χ2n) is 3.40. The molecule has 0 bridgehead atoms. The molecule has 0 saturated heterocycles. The van der Waals surface area contributed by atoms with Crippen molar-refractivity contribution in [2.45, 2.75) is 26.6 Å². The van der Waals surface area contributed by atoms with Gasteiger partial charge < -0.3 is 4.74 Å². The summed E-state index contributed by atoms with van der Waals surface area (Å²) in [7, 11) is 0. The van der Waals surface area contributed by atoms with Gasteiger partial charge in [-0.05, 0) is 25.5 Å². The molecule has 0 atom stereocenters. The zero-order valence-electron chi connectivity index (χ0n) is 8.57. The molecule has 1 rings (SSSR count). The molecule has 0 spiro atoms. The van der Waals surface area contributed by atoms with Gasteiger partial charge in [-0.3, -0.25) is 10.1 Å². The summed E-state index contributed by atoms with van der Waals surface area (Å²) in [5.41, 5.74) is 0.668. The zero-order chi connectivity index (χ0) is 11.4. The highest BCUT2D eigenvalue weighted by molar-refractivity contribution is 6.32. The molecular formula is C10H12ClNO3. The quantitative estimate of drug-likeness (QED) is 0.589. The predicted molar refractivity (Wildman–Crippen MR) is 58.0 cm³/mol. The molecule has 0 fully saturated rings. The fraction of sp³-hybridized carbons (Fsp3) is 0.400. The van der Waals surface area contributed by atoms with Crippen molar-refractivity contribution >= 4 is 17.3 Å². The van der Waals surface area contributed by atoms with E-state index in [1.54, 1.807) is 6.07 Å². The summed E-state index contributed by atoms with van der Waals surface area (Å²) < 4.78 is 5.34. The van der Waals surface area contributed by atoms with E-state index in [2.05, 4.69) is 0 Å². The SMILES string of the molecule is CC(C)OCc1ccc(Cl)c([N+](=O)[O-])c1. The van der Waals surface area contributed by atoms with Crippen molar-refractivity contribution in [1.82, 2.24) is 0 Å². The Hall–Kier alpha value is -1.13. The van der Waals surface area contributed by atoms with Crippen LogP contribution in [0.25, 0.3) is 0 Å². The Balaban J connectivity index is 2.83. The van der Waals surface area contributed by atoms with Crippen LogP contribution in [0.15, 0.2) is 18.2 Å². The molecule has 82 valence electrons. The number of halogens is 1. The normalized spacial score (nSPS) is 10.7. The molecule has 0 aliphatic heterocycles. The first-order valence-electron chi connectivity index (χ1n) is 4.55. The van der Waals surface area contributed by atoms with E-state index in [1.807, 2.05) is 13.8 Å². The van der Waals surface area contributed by atoms with Crippen molar-refractivity contribution in [3.05, 3.63) is 38.9 Å². The van der Waals surface area contributed by atoms with Gasteiger partial charge in [0.15, 0.2) is 0 Å². The smallest absolute Gasteiger partial charge is 0.288 e. The molecule has 0 N–H and O–H groups in total. The van der Waals surface area contributed by atoms with Crippen LogP contribution in [0.2, 0.25) is 5.02 Å². The van der Waals surface area contributed by atoms with Crippen LogP contribution in [0.5, 0.6) is 0 Å². The second kappa shape index (κ2) is 5.09. The monoisotopic (exact) mass is 229 g/mol. The minimum absolute atomic E-state index is 0.0819. The standard InChI is InChI=1S/C10H12ClNO3/c1-7(2)15-6-8-3-4-9(11)10(5-8)12(13)14/h3-5,7H,6H2,1-2H3. The minimum Gasteiger partial charge on any atom is -0.374 e. The average Bonchev–Trinajstić information content (AvgIpc) is 2.16. The van der Waals surface area contributed by atoms with Gasteiger partial charge in [0, 0.05) is 6.07 Å². The molecule has 0 unspecified atom stereocenters. The van der Waals surface area contributed by atoms with Gasteiger partial charge in [-0.25, -0.2) is 0 Å². The maximum atomic E-state index is 10.6. The first-order valence-corrected chi connectivity index (χ1v) is 4.93. The number of nitro benzene ring substituents is 1. The number of hydrogen-bond acceptors (Lipinski definition) is 3. The predicted octanol–water partition coefficient (Wildman–Crippen LogP) is 3.17. The lowest BCUT2D eigenvalue weighted by atomic mass is 10.2. The van der Waals surface area contributed by atoms with Gasteiger partial charge in [0.25, 0.3) is 5.69 Å². The van der Waals surface area contributed by atoms with Gasteiger partial charge in [-0.1, -0.05) is 17.7 Å². The van der Waals surface area contributed by atoms with Gasteiger partial charge in [0.1, 0.15) is 5.02 Å². The lowest BCUT2D eigenvalue weighted by Gasteiger charge is -2.07. The highest BCUT2D eigenvalue weighted by Crippen LogP contribution is 2.25. The van der Waals surface area contributed by atoms with Crippen LogP contribution < -0.4 is 0 Å². The summed E-state index contributed by atoms with van der Waals surface area (Å²) in [6.07, 6.45) is 0.0970. The van der Waals surface area contributed by atoms with E-state index in [9.17, 15) is 10.1 Å². The van der Waals surface area contributed by atoms with Crippen LogP contribution in [0.1, 0.15) is 19.4 Å². The number of benzene rings is 1. The van der Waals surface area contributed by atoms with E-state index in [1.165, 1.54) is 12.1 Å². The average molecular weight is 230 g/mol. The zero-order valence-corrected chi connectivity index (χ0v) is 9.32. The van der Waals surface area contributed by atoms with Crippen LogP contribution in [0, 0.1) is 10.1 Å². The molecule has 4 nitrogen and oxygen atoms in total. The molecule has 1 aromatic rings. The Morgan fingerprint density at radius 1 is 1.53 bits per heavy atom. The van der Waals surface area contributed by atoms with Gasteiger partial charge in [0.05, 0.1) is 17.6 Å². The third-order valence-corrected chi connectivity index (χ3v) is 2.11. The number of hydrogen-bond donors (Lipinski definition) is 0. The summed E-state index contributed by atoms with van der Waals surface area (Å²) in [5, 5.41) is 10.7. The Labute approximate surface area is 93.0 Å². The lowest BCUT2D eigenvalue weighted by Crippen LogP contribution is -2.02. The van der Waals surface area contributed by atoms with Crippen LogP contribution in [-0.4, -0.2) is 11.0 Å². The summed E-state index contributed by atoms with van der Waals surface area (Å²) in [5.74, 6) is 0. The maximum absolute atomic E-state index is 10.6. The molecule has 15 heavy (non-hydrogen) atoms. The Bertz CT molecular complexity index is 366. The molecule has 0 saturated carbocycles. The second-order valence-corrected chi connectivity index (χ2v) is 3.81. The first kappa shape index (κ1) is 11.9. The van der Waals surface area contributed by atoms with Crippen LogP contribution in [0.3, 0.4) is 0 Å². The van der Waals surface area contributed by atoms with Crippen molar-refractivity contribution in [3.8, 4) is 0 Å². The Morgan fingerprint density at radius 3 is 2.73 bits per heavy atom. The maximum Gasteiger partial charge on any atom is 0.288 e. The molecule has 0 radical (unpaired) electrons. The number of ether oxygens (including phenoxy) is 1. The molecule has 0 aliphatic rings. The molecule has 0 heterocycles. The highest BCUT2D eigenvalue weighted by Gasteiger charge is 2.12. The highest BCUT2D eigenvalue weighted by atomic mass is 35.5. The van der Waals surface area contributed by atoms with Crippen LogP contribution in [-0.2, 0) is 11.3 Å². The minimum atomic E-state index is -0.499. The molecular weight excluding hydrogens is 218 g/mol. The van der Waals surface area contributed by atoms with Gasteiger partial charge in [-0.2, -0.15) is 0 Å². The third kappa shape index (κ3) is 3.49. The van der Waals surface area contributed by atoms with Crippen molar-refractivity contribution in [2.75, 3.05) is 0 Å². The van der Waals surface area contributed by atoms with E-state index >= 15 is 0 Å². The van der Waals surface area contributed by atoms with Crippen molar-refractivity contribution < 1.29 is 9.66 Å². The number of rotatable bonds is 4. The van der Waals surface area contributed by atoms with Gasteiger partial charge in [-0.15, -0.1) is 0 Å². The van der Waals surface area contributed by atoms with E-state index in [-0.39, 0.29) is 16.8 Å². The van der Waals surface area contributed by atoms with E-state index < -0.39 is 4.92 Å². The van der Waals surface area contributed by atoms with Gasteiger partial charge in [0.2, 0.25) is 0 Å². The third-order valence-electron chi connectivity index (χ3n) is 1.79. The molecule has 0 amide bonds. The van der Waals surface area contributed by atoms with E-state index in [4.69, 9.17) is 16.3 Å². The number of nitrogens with zero attached hydrogens (tertiary/aromatic N) is 1. The summed E-state index contributed by atoms with van der Waals surface area (Å²) in [6.45, 7) is 4.17. The summed E-state index contributed by atoms with van der Waals surface area (Å²) >= 11 is 5.67. The summed E-state index contributed by atoms with van der Waals surface area (Å²) in [4.78, 5) is 10.1. The van der Waals surface area contributed by atoms with E-state index in [0.29, 0.717) is 6.61 Å². The van der Waals surface area contributed by atoms with Crippen molar-refractivity contribution in [3.63, 3.8) is 0 Å². The Kier molecular flexibility index (Phi) is 4.05. The van der Waals surface area contributed by atoms with E-state index in [0.717, 1.165) is 5.56 Å². The lowest BCUT2D eigenvalue weighted by molar-refractivity contribution is -0.384. The first-order chi connectivity index (χ1) is 7.00. The molecule has 1 aromatic carbocycles.